The van der Waals surface area contributed by atoms with Gasteiger partial charge in [0.05, 0.1) is 9.26 Å². The monoisotopic (exact) mass is 412 g/mol. The Morgan fingerprint density at radius 3 is 2.29 bits per heavy atom. The van der Waals surface area contributed by atoms with E-state index in [2.05, 4.69) is 59.6 Å². The van der Waals surface area contributed by atoms with Crippen molar-refractivity contribution < 1.29 is 0 Å². The van der Waals surface area contributed by atoms with Gasteiger partial charge >= 0.3 is 0 Å². The van der Waals surface area contributed by atoms with Gasteiger partial charge in [0.2, 0.25) is 0 Å². The maximum atomic E-state index is 6.37. The predicted molar refractivity (Wildman–Crippen MR) is 95.9 cm³/mol. The molecule has 0 aliphatic heterocycles. The lowest BCUT2D eigenvalue weighted by atomic mass is 10.0. The van der Waals surface area contributed by atoms with Crippen LogP contribution in [-0.2, 0) is 0 Å². The summed E-state index contributed by atoms with van der Waals surface area (Å²) in [5, 5.41) is 0.585. The summed E-state index contributed by atoms with van der Waals surface area (Å²) in [5.41, 5.74) is 4.66. The van der Waals surface area contributed by atoms with E-state index in [-0.39, 0.29) is 0 Å². The molecule has 2 aromatic rings. The SMILES string of the molecule is Cc1cc(C)cc(-c2nc(Cl)c(I)c(C3CCCC3)n2)c1. The highest BCUT2D eigenvalue weighted by molar-refractivity contribution is 14.1. The summed E-state index contributed by atoms with van der Waals surface area (Å²) in [6.45, 7) is 4.20. The molecule has 1 aliphatic carbocycles. The number of hydrogen-bond acceptors (Lipinski definition) is 2. The van der Waals surface area contributed by atoms with Gasteiger partial charge in [-0.15, -0.1) is 0 Å². The van der Waals surface area contributed by atoms with Gasteiger partial charge in [-0.3, -0.25) is 0 Å². The molecule has 1 aromatic heterocycles. The van der Waals surface area contributed by atoms with Gasteiger partial charge in [0.15, 0.2) is 5.82 Å². The maximum Gasteiger partial charge on any atom is 0.161 e. The Morgan fingerprint density at radius 2 is 1.67 bits per heavy atom. The van der Waals surface area contributed by atoms with E-state index in [0.29, 0.717) is 11.1 Å². The van der Waals surface area contributed by atoms with E-state index in [1.807, 2.05) is 0 Å². The molecule has 1 aliphatic rings. The van der Waals surface area contributed by atoms with E-state index >= 15 is 0 Å². The van der Waals surface area contributed by atoms with E-state index in [1.54, 1.807) is 0 Å². The molecule has 4 heteroatoms. The second kappa shape index (κ2) is 6.21. The average Bonchev–Trinajstić information content (AvgIpc) is 2.94. The van der Waals surface area contributed by atoms with E-state index in [1.165, 1.54) is 36.8 Å². The fourth-order valence-corrected chi connectivity index (χ4v) is 4.00. The molecule has 1 heterocycles. The van der Waals surface area contributed by atoms with Crippen LogP contribution >= 0.6 is 34.2 Å². The topological polar surface area (TPSA) is 25.8 Å². The number of benzene rings is 1. The van der Waals surface area contributed by atoms with Crippen molar-refractivity contribution in [1.29, 1.82) is 0 Å². The van der Waals surface area contributed by atoms with Crippen molar-refractivity contribution in [2.75, 3.05) is 0 Å². The van der Waals surface area contributed by atoms with E-state index in [9.17, 15) is 0 Å². The van der Waals surface area contributed by atoms with Crippen LogP contribution in [0.2, 0.25) is 5.15 Å². The van der Waals surface area contributed by atoms with Crippen molar-refractivity contribution >= 4 is 34.2 Å². The van der Waals surface area contributed by atoms with Crippen LogP contribution in [-0.4, -0.2) is 9.97 Å². The molecule has 110 valence electrons. The highest BCUT2D eigenvalue weighted by Crippen LogP contribution is 2.37. The first-order chi connectivity index (χ1) is 10.0. The van der Waals surface area contributed by atoms with Crippen LogP contribution in [0.5, 0.6) is 0 Å². The van der Waals surface area contributed by atoms with Crippen LogP contribution in [0.25, 0.3) is 11.4 Å². The van der Waals surface area contributed by atoms with E-state index in [0.717, 1.165) is 20.7 Å². The minimum absolute atomic E-state index is 0.544. The number of rotatable bonds is 2. The Kier molecular flexibility index (Phi) is 4.50. The summed E-state index contributed by atoms with van der Waals surface area (Å²) < 4.78 is 1.02. The number of aromatic nitrogens is 2. The summed E-state index contributed by atoms with van der Waals surface area (Å²) in [6.07, 6.45) is 5.02. The van der Waals surface area contributed by atoms with Gasteiger partial charge in [-0.25, -0.2) is 9.97 Å². The first kappa shape index (κ1) is 15.2. The average molecular weight is 413 g/mol. The van der Waals surface area contributed by atoms with Crippen molar-refractivity contribution in [3.8, 4) is 11.4 Å². The molecule has 0 amide bonds. The lowest BCUT2D eigenvalue weighted by Gasteiger charge is -2.14. The van der Waals surface area contributed by atoms with Gasteiger partial charge < -0.3 is 0 Å². The highest BCUT2D eigenvalue weighted by atomic mass is 127. The molecule has 1 aromatic carbocycles. The molecule has 0 radical (unpaired) electrons. The van der Waals surface area contributed by atoms with Gasteiger partial charge in [0.25, 0.3) is 0 Å². The Hall–Kier alpha value is -0.680. The Balaban J connectivity index is 2.10. The van der Waals surface area contributed by atoms with Crippen LogP contribution in [0.3, 0.4) is 0 Å². The molecule has 0 spiro atoms. The van der Waals surface area contributed by atoms with Gasteiger partial charge in [0, 0.05) is 11.5 Å². The molecule has 0 unspecified atom stereocenters. The Morgan fingerprint density at radius 1 is 1.05 bits per heavy atom. The molecule has 0 atom stereocenters. The number of halogens is 2. The zero-order chi connectivity index (χ0) is 15.0. The summed E-state index contributed by atoms with van der Waals surface area (Å²) >= 11 is 8.66. The van der Waals surface area contributed by atoms with Gasteiger partial charge in [-0.2, -0.15) is 0 Å². The normalized spacial score (nSPS) is 15.6. The second-order valence-electron chi connectivity index (χ2n) is 5.90. The third-order valence-electron chi connectivity index (χ3n) is 4.06. The van der Waals surface area contributed by atoms with Crippen LogP contribution in [0.15, 0.2) is 18.2 Å². The molecular weight excluding hydrogens is 395 g/mol. The molecule has 2 nitrogen and oxygen atoms in total. The Bertz CT molecular complexity index is 658. The number of aryl methyl sites for hydroxylation is 2. The lowest BCUT2D eigenvalue weighted by Crippen LogP contribution is -2.05. The van der Waals surface area contributed by atoms with Crippen molar-refractivity contribution in [1.82, 2.24) is 9.97 Å². The molecule has 1 saturated carbocycles. The lowest BCUT2D eigenvalue weighted by molar-refractivity contribution is 0.690. The quantitative estimate of drug-likeness (QED) is 0.469. The first-order valence-corrected chi connectivity index (χ1v) is 8.82. The minimum Gasteiger partial charge on any atom is -0.232 e. The van der Waals surface area contributed by atoms with Crippen molar-refractivity contribution in [2.45, 2.75) is 45.4 Å². The molecule has 0 N–H and O–H groups in total. The fourth-order valence-electron chi connectivity index (χ4n) is 3.14. The molecule has 3 rings (SSSR count). The zero-order valence-corrected chi connectivity index (χ0v) is 15.2. The third kappa shape index (κ3) is 3.24. The number of nitrogens with zero attached hydrogens (tertiary/aromatic N) is 2. The maximum absolute atomic E-state index is 6.37. The standard InChI is InChI=1S/C17H18ClIN2/c1-10-7-11(2)9-13(8-10)17-20-15(12-5-3-4-6-12)14(19)16(18)21-17/h7-9,12H,3-6H2,1-2H3. The molecule has 0 saturated heterocycles. The van der Waals surface area contributed by atoms with Gasteiger partial charge in [0.1, 0.15) is 5.15 Å². The number of hydrogen-bond donors (Lipinski definition) is 0. The van der Waals surface area contributed by atoms with E-state index in [4.69, 9.17) is 16.6 Å². The van der Waals surface area contributed by atoms with Crippen LogP contribution in [0.4, 0.5) is 0 Å². The summed E-state index contributed by atoms with van der Waals surface area (Å²) in [7, 11) is 0. The fraction of sp³-hybridized carbons (Fsp3) is 0.412. The van der Waals surface area contributed by atoms with Crippen molar-refractivity contribution in [2.24, 2.45) is 0 Å². The predicted octanol–water partition coefficient (Wildman–Crippen LogP) is 5.68. The third-order valence-corrected chi connectivity index (χ3v) is 5.71. The van der Waals surface area contributed by atoms with Gasteiger partial charge in [-0.1, -0.05) is 41.6 Å². The van der Waals surface area contributed by atoms with Crippen molar-refractivity contribution in [3.63, 3.8) is 0 Å². The first-order valence-electron chi connectivity index (χ1n) is 7.36. The van der Waals surface area contributed by atoms with Crippen molar-refractivity contribution in [3.05, 3.63) is 43.7 Å². The largest absolute Gasteiger partial charge is 0.232 e. The minimum atomic E-state index is 0.544. The molecule has 1 fully saturated rings. The summed E-state index contributed by atoms with van der Waals surface area (Å²) in [4.78, 5) is 9.37. The second-order valence-corrected chi connectivity index (χ2v) is 7.33. The summed E-state index contributed by atoms with van der Waals surface area (Å²) in [5.74, 6) is 1.30. The smallest absolute Gasteiger partial charge is 0.161 e. The molecule has 21 heavy (non-hydrogen) atoms. The van der Waals surface area contributed by atoms with Gasteiger partial charge in [-0.05, 0) is 61.4 Å². The summed E-state index contributed by atoms with van der Waals surface area (Å²) in [6, 6.07) is 6.42. The highest BCUT2D eigenvalue weighted by Gasteiger charge is 2.23. The van der Waals surface area contributed by atoms with Crippen LogP contribution in [0, 0.1) is 17.4 Å². The van der Waals surface area contributed by atoms with Crippen LogP contribution in [0.1, 0.15) is 48.4 Å². The zero-order valence-electron chi connectivity index (χ0n) is 12.3. The van der Waals surface area contributed by atoms with Crippen LogP contribution < -0.4 is 0 Å². The molecular formula is C17H18ClIN2. The van der Waals surface area contributed by atoms with E-state index < -0.39 is 0 Å². The Labute approximate surface area is 144 Å². The molecule has 0 bridgehead atoms.